The first-order valence-corrected chi connectivity index (χ1v) is 15.7. The van der Waals surface area contributed by atoms with Gasteiger partial charge in [-0.25, -0.2) is 14.5 Å². The SMILES string of the molecule is C=CC(=O)NCCCOCCCc1ccc2c(c1)nc(N)c1nc(CCCC)n(Cc3cc(O)ccc3OP(=O)(O)O)c12. The van der Waals surface area contributed by atoms with Crippen molar-refractivity contribution in [2.24, 2.45) is 0 Å². The Kier molecular flexibility index (Phi) is 10.8. The van der Waals surface area contributed by atoms with E-state index in [1.54, 1.807) is 0 Å². The molecule has 0 spiro atoms. The van der Waals surface area contributed by atoms with Crippen molar-refractivity contribution < 1.29 is 33.5 Å². The normalized spacial score (nSPS) is 11.7. The minimum Gasteiger partial charge on any atom is -0.508 e. The molecule has 4 aromatic rings. The van der Waals surface area contributed by atoms with Crippen molar-refractivity contribution in [3.05, 3.63) is 66.0 Å². The molecule has 0 aliphatic heterocycles. The zero-order valence-corrected chi connectivity index (χ0v) is 25.1. The average Bonchev–Trinajstić information content (AvgIpc) is 3.32. The van der Waals surface area contributed by atoms with Gasteiger partial charge in [0, 0.05) is 37.1 Å². The zero-order chi connectivity index (χ0) is 31.0. The average molecular weight is 612 g/mol. The van der Waals surface area contributed by atoms with Crippen LogP contribution in [0.25, 0.3) is 21.9 Å². The number of carbonyl (C=O) groups is 1. The number of hydrogen-bond acceptors (Lipinski definition) is 8. The summed E-state index contributed by atoms with van der Waals surface area (Å²) in [4.78, 5) is 39.5. The van der Waals surface area contributed by atoms with E-state index >= 15 is 0 Å². The van der Waals surface area contributed by atoms with Gasteiger partial charge in [0.05, 0.1) is 17.6 Å². The Balaban J connectivity index is 1.60. The van der Waals surface area contributed by atoms with Crippen molar-refractivity contribution >= 4 is 41.5 Å². The third-order valence-corrected chi connectivity index (χ3v) is 7.33. The van der Waals surface area contributed by atoms with Gasteiger partial charge in [-0.3, -0.25) is 14.6 Å². The van der Waals surface area contributed by atoms with Gasteiger partial charge in [0.2, 0.25) is 5.91 Å². The van der Waals surface area contributed by atoms with Crippen LogP contribution in [-0.4, -0.2) is 55.1 Å². The molecule has 43 heavy (non-hydrogen) atoms. The van der Waals surface area contributed by atoms with Crippen LogP contribution < -0.4 is 15.6 Å². The molecule has 0 bridgehead atoms. The number of pyridine rings is 1. The predicted octanol–water partition coefficient (Wildman–Crippen LogP) is 4.38. The second kappa shape index (κ2) is 14.5. The fraction of sp³-hybridized carbons (Fsp3) is 0.367. The minimum atomic E-state index is -4.84. The quantitative estimate of drug-likeness (QED) is 0.0693. The first kappa shape index (κ1) is 32.0. The molecule has 0 aliphatic rings. The van der Waals surface area contributed by atoms with Crippen molar-refractivity contribution in [1.29, 1.82) is 0 Å². The number of fused-ring (bicyclic) bond motifs is 3. The van der Waals surface area contributed by atoms with Crippen LogP contribution in [0.15, 0.2) is 49.1 Å². The number of aromatic hydroxyl groups is 1. The summed E-state index contributed by atoms with van der Waals surface area (Å²) in [6.07, 6.45) is 6.01. The summed E-state index contributed by atoms with van der Waals surface area (Å²) in [5, 5.41) is 13.7. The number of phenolic OH excluding ortho intramolecular Hbond substituents is 1. The molecule has 2 aromatic carbocycles. The second-order valence-electron chi connectivity index (χ2n) is 10.2. The number of amides is 1. The number of hydrogen-bond donors (Lipinski definition) is 5. The Morgan fingerprint density at radius 3 is 2.65 bits per heavy atom. The van der Waals surface area contributed by atoms with E-state index in [-0.39, 0.29) is 29.8 Å². The smallest absolute Gasteiger partial charge is 0.508 e. The van der Waals surface area contributed by atoms with Gasteiger partial charge < -0.3 is 30.0 Å². The molecule has 1 amide bonds. The Morgan fingerprint density at radius 1 is 1.12 bits per heavy atom. The van der Waals surface area contributed by atoms with Gasteiger partial charge in [0.1, 0.15) is 22.8 Å². The number of nitrogens with zero attached hydrogens (tertiary/aromatic N) is 3. The van der Waals surface area contributed by atoms with Gasteiger partial charge in [-0.2, -0.15) is 0 Å². The summed E-state index contributed by atoms with van der Waals surface area (Å²) in [5.74, 6) is 0.735. The highest BCUT2D eigenvalue weighted by Crippen LogP contribution is 2.41. The van der Waals surface area contributed by atoms with E-state index in [9.17, 15) is 24.3 Å². The Morgan fingerprint density at radius 2 is 1.91 bits per heavy atom. The number of anilines is 1. The number of benzene rings is 2. The standard InChI is InChI=1S/C30H38N5O7P/c1-3-5-9-26-34-28-29(35(26)19-21-18-22(36)11-13-25(21)42-43(38,39)40)23-12-10-20(17-24(23)33-30(28)31)8-6-15-41-16-7-14-32-27(37)4-2/h4,10-13,17-18,36H,2-3,5-9,14-16,19H2,1H3,(H2,31,33)(H,32,37)(H2,38,39,40). The third-order valence-electron chi connectivity index (χ3n) is 6.90. The van der Waals surface area contributed by atoms with E-state index in [2.05, 4.69) is 23.8 Å². The Bertz CT molecular complexity index is 1650. The number of unbranched alkanes of at least 4 members (excludes halogenated alkanes) is 1. The lowest BCUT2D eigenvalue weighted by atomic mass is 10.1. The lowest BCUT2D eigenvalue weighted by Crippen LogP contribution is -2.22. The van der Waals surface area contributed by atoms with Crippen molar-refractivity contribution in [2.75, 3.05) is 25.5 Å². The molecule has 2 heterocycles. The summed E-state index contributed by atoms with van der Waals surface area (Å²) in [6, 6.07) is 10.1. The van der Waals surface area contributed by atoms with E-state index in [1.165, 1.54) is 24.3 Å². The van der Waals surface area contributed by atoms with Crippen LogP contribution in [0.1, 0.15) is 49.6 Å². The van der Waals surface area contributed by atoms with E-state index < -0.39 is 7.82 Å². The number of imidazole rings is 1. The highest BCUT2D eigenvalue weighted by atomic mass is 31.2. The van der Waals surface area contributed by atoms with E-state index in [4.69, 9.17) is 20.0 Å². The summed E-state index contributed by atoms with van der Waals surface area (Å²) < 4.78 is 24.2. The lowest BCUT2D eigenvalue weighted by molar-refractivity contribution is -0.116. The van der Waals surface area contributed by atoms with Gasteiger partial charge in [-0.05, 0) is 61.6 Å². The molecule has 13 heteroatoms. The number of carbonyl (C=O) groups excluding carboxylic acids is 1. The highest BCUT2D eigenvalue weighted by Gasteiger charge is 2.22. The molecule has 230 valence electrons. The maximum Gasteiger partial charge on any atom is 0.524 e. The molecule has 0 radical (unpaired) electrons. The third kappa shape index (κ3) is 8.55. The number of aryl methyl sites for hydroxylation is 2. The topological polar surface area (TPSA) is 182 Å². The number of ether oxygens (including phenoxy) is 1. The molecule has 0 fully saturated rings. The molecule has 6 N–H and O–H groups in total. The molecule has 4 rings (SSSR count). The molecule has 0 atom stereocenters. The van der Waals surface area contributed by atoms with Gasteiger partial charge in [0.15, 0.2) is 5.82 Å². The monoisotopic (exact) mass is 611 g/mol. The maximum absolute atomic E-state index is 11.6. The number of rotatable bonds is 16. The summed E-state index contributed by atoms with van der Waals surface area (Å²) >= 11 is 0. The van der Waals surface area contributed by atoms with Crippen molar-refractivity contribution in [3.8, 4) is 11.5 Å². The first-order valence-electron chi connectivity index (χ1n) is 14.2. The van der Waals surface area contributed by atoms with Gasteiger partial charge in [0.25, 0.3) is 0 Å². The number of nitrogen functional groups attached to an aromatic ring is 1. The van der Waals surface area contributed by atoms with Gasteiger partial charge >= 0.3 is 7.82 Å². The van der Waals surface area contributed by atoms with Crippen molar-refractivity contribution in [1.82, 2.24) is 19.9 Å². The number of nitrogens with two attached hydrogens (primary N) is 1. The predicted molar refractivity (Wildman–Crippen MR) is 165 cm³/mol. The van der Waals surface area contributed by atoms with E-state index in [1.807, 2.05) is 22.8 Å². The summed E-state index contributed by atoms with van der Waals surface area (Å²) in [5.41, 5.74) is 9.86. The number of aromatic nitrogens is 3. The molecule has 12 nitrogen and oxygen atoms in total. The van der Waals surface area contributed by atoms with Crippen LogP contribution in [0.4, 0.5) is 5.82 Å². The Hall–Kier alpha value is -3.96. The van der Waals surface area contributed by atoms with Crippen molar-refractivity contribution in [3.63, 3.8) is 0 Å². The molecule has 2 aromatic heterocycles. The lowest BCUT2D eigenvalue weighted by Gasteiger charge is -2.16. The van der Waals surface area contributed by atoms with Gasteiger partial charge in [-0.1, -0.05) is 32.1 Å². The number of nitrogens with one attached hydrogen (secondary N) is 1. The maximum atomic E-state index is 11.6. The van der Waals surface area contributed by atoms with Crippen LogP contribution in [0.2, 0.25) is 0 Å². The van der Waals surface area contributed by atoms with E-state index in [0.29, 0.717) is 42.8 Å². The fourth-order valence-corrected chi connectivity index (χ4v) is 5.30. The fourth-order valence-electron chi connectivity index (χ4n) is 4.87. The van der Waals surface area contributed by atoms with Crippen LogP contribution in [0, 0.1) is 0 Å². The number of phenols is 1. The molecular formula is C30H38N5O7P. The van der Waals surface area contributed by atoms with Crippen molar-refractivity contribution in [2.45, 2.75) is 52.0 Å². The largest absolute Gasteiger partial charge is 0.524 e. The molecule has 0 unspecified atom stereocenters. The molecule has 0 saturated carbocycles. The number of phosphoric acid groups is 1. The molecule has 0 aliphatic carbocycles. The van der Waals surface area contributed by atoms with Crippen LogP contribution in [0.5, 0.6) is 11.5 Å². The number of phosphoric ester groups is 1. The second-order valence-corrected chi connectivity index (χ2v) is 11.4. The van der Waals surface area contributed by atoms with Gasteiger partial charge in [-0.15, -0.1) is 0 Å². The summed E-state index contributed by atoms with van der Waals surface area (Å²) in [7, 11) is -4.84. The zero-order valence-electron chi connectivity index (χ0n) is 24.2. The van der Waals surface area contributed by atoms with Crippen LogP contribution >= 0.6 is 7.82 Å². The van der Waals surface area contributed by atoms with Crippen LogP contribution in [0.3, 0.4) is 0 Å². The summed E-state index contributed by atoms with van der Waals surface area (Å²) in [6.45, 7) is 7.31. The van der Waals surface area contributed by atoms with Crippen LogP contribution in [-0.2, 0) is 33.5 Å². The molecular weight excluding hydrogens is 573 g/mol. The molecule has 0 saturated heterocycles. The Labute approximate surface area is 249 Å². The minimum absolute atomic E-state index is 0.0354. The highest BCUT2D eigenvalue weighted by molar-refractivity contribution is 7.46. The van der Waals surface area contributed by atoms with E-state index in [0.717, 1.165) is 54.4 Å². The first-order chi connectivity index (χ1) is 20.6.